The third-order valence-corrected chi connectivity index (χ3v) is 6.63. The number of aliphatic hydroxyl groups excluding tert-OH is 1. The number of aliphatic imine (C=N–C) groups is 1. The van der Waals surface area contributed by atoms with Gasteiger partial charge in [0.05, 0.1) is 23.8 Å². The van der Waals surface area contributed by atoms with Gasteiger partial charge in [0.25, 0.3) is 5.91 Å². The molecule has 1 fully saturated rings. The maximum atomic E-state index is 13.4. The van der Waals surface area contributed by atoms with E-state index in [0.29, 0.717) is 23.4 Å². The molecule has 1 aliphatic carbocycles. The number of ether oxygens (including phenoxy) is 1. The van der Waals surface area contributed by atoms with Gasteiger partial charge in [0.1, 0.15) is 11.5 Å². The molecule has 0 radical (unpaired) electrons. The van der Waals surface area contributed by atoms with Crippen LogP contribution in [0.15, 0.2) is 40.4 Å². The molecule has 3 rings (SSSR count). The van der Waals surface area contributed by atoms with Gasteiger partial charge in [-0.3, -0.25) is 9.79 Å². The highest BCUT2D eigenvalue weighted by Gasteiger charge is 2.27. The van der Waals surface area contributed by atoms with Gasteiger partial charge in [-0.1, -0.05) is 37.1 Å². The predicted molar refractivity (Wildman–Crippen MR) is 142 cm³/mol. The Bertz CT molecular complexity index is 1090. The Morgan fingerprint density at radius 3 is 2.49 bits per heavy atom. The van der Waals surface area contributed by atoms with Crippen LogP contribution in [0.2, 0.25) is 0 Å². The first-order chi connectivity index (χ1) is 16.7. The number of amides is 1. The Labute approximate surface area is 208 Å². The van der Waals surface area contributed by atoms with Gasteiger partial charge in [-0.05, 0) is 75.3 Å². The Morgan fingerprint density at radius 1 is 1.20 bits per heavy atom. The minimum absolute atomic E-state index is 0.0663. The normalized spacial score (nSPS) is 18.8. The van der Waals surface area contributed by atoms with E-state index in [1.54, 1.807) is 13.3 Å². The predicted octanol–water partition coefficient (Wildman–Crippen LogP) is 4.08. The SMILES string of the molecule is CN=CC(=NN)c1ccc(Cc2cc(C(=O)N[C@H]3CCCC[C@@H]3O)c(OC(C)C)c(C)c2C)cc1. The first-order valence-corrected chi connectivity index (χ1v) is 12.3. The summed E-state index contributed by atoms with van der Waals surface area (Å²) < 4.78 is 6.12. The van der Waals surface area contributed by atoms with Crippen molar-refractivity contribution in [1.29, 1.82) is 0 Å². The third-order valence-electron chi connectivity index (χ3n) is 6.63. The van der Waals surface area contributed by atoms with Crippen LogP contribution in [0.4, 0.5) is 0 Å². The smallest absolute Gasteiger partial charge is 0.255 e. The second kappa shape index (κ2) is 12.0. The van der Waals surface area contributed by atoms with Crippen LogP contribution in [-0.4, -0.2) is 48.2 Å². The number of nitrogens with one attached hydrogen (secondary N) is 1. The fourth-order valence-corrected chi connectivity index (χ4v) is 4.54. The van der Waals surface area contributed by atoms with Gasteiger partial charge in [0.15, 0.2) is 0 Å². The van der Waals surface area contributed by atoms with Crippen LogP contribution in [0.3, 0.4) is 0 Å². The Morgan fingerprint density at radius 2 is 1.89 bits per heavy atom. The van der Waals surface area contributed by atoms with Crippen molar-refractivity contribution in [3.05, 3.63) is 63.7 Å². The number of carbonyl (C=O) groups is 1. The van der Waals surface area contributed by atoms with E-state index in [-0.39, 0.29) is 18.1 Å². The standard InChI is InChI=1S/C28H38N4O3/c1-17(2)35-27-19(4)18(3)22(14-20-10-12-21(13-11-20)25(32-29)16-30-5)15-23(27)28(34)31-24-8-6-7-9-26(24)33/h10-13,15-17,24,26,33H,6-9,14,29H2,1-5H3,(H,31,34)/t24-,26-/m0/s1. The Kier molecular flexibility index (Phi) is 9.04. The molecule has 1 amide bonds. The molecule has 1 aliphatic rings. The summed E-state index contributed by atoms with van der Waals surface area (Å²) in [5, 5.41) is 17.2. The van der Waals surface area contributed by atoms with Gasteiger partial charge in [0.2, 0.25) is 0 Å². The molecule has 1 saturated carbocycles. The lowest BCUT2D eigenvalue weighted by atomic mass is 9.91. The van der Waals surface area contributed by atoms with Crippen LogP contribution < -0.4 is 15.9 Å². The average Bonchev–Trinajstić information content (AvgIpc) is 2.84. The highest BCUT2D eigenvalue weighted by Crippen LogP contribution is 2.32. The Balaban J connectivity index is 1.93. The maximum Gasteiger partial charge on any atom is 0.255 e. The summed E-state index contributed by atoms with van der Waals surface area (Å²) in [7, 11) is 1.68. The van der Waals surface area contributed by atoms with Crippen LogP contribution in [0, 0.1) is 13.8 Å². The molecule has 7 heteroatoms. The molecule has 0 saturated heterocycles. The molecule has 35 heavy (non-hydrogen) atoms. The molecule has 188 valence electrons. The lowest BCUT2D eigenvalue weighted by Gasteiger charge is -2.29. The number of benzene rings is 2. The number of hydrogen-bond donors (Lipinski definition) is 3. The number of rotatable bonds is 8. The lowest BCUT2D eigenvalue weighted by molar-refractivity contribution is 0.0713. The molecule has 0 spiro atoms. The monoisotopic (exact) mass is 478 g/mol. The number of carbonyl (C=O) groups excluding carboxylic acids is 1. The summed E-state index contributed by atoms with van der Waals surface area (Å²) in [6, 6.07) is 9.73. The van der Waals surface area contributed by atoms with Crippen LogP contribution in [0.1, 0.15) is 77.7 Å². The zero-order chi connectivity index (χ0) is 25.5. The van der Waals surface area contributed by atoms with Gasteiger partial charge in [-0.25, -0.2) is 0 Å². The van der Waals surface area contributed by atoms with Crippen molar-refractivity contribution in [3.63, 3.8) is 0 Å². The largest absolute Gasteiger partial charge is 0.490 e. The summed E-state index contributed by atoms with van der Waals surface area (Å²) in [6.07, 6.45) is 5.22. The van der Waals surface area contributed by atoms with Gasteiger partial charge < -0.3 is 21.0 Å². The Hall–Kier alpha value is -3.19. The fourth-order valence-electron chi connectivity index (χ4n) is 4.54. The topological polar surface area (TPSA) is 109 Å². The number of nitrogens with two attached hydrogens (primary N) is 1. The van der Waals surface area contributed by atoms with E-state index in [1.165, 1.54) is 0 Å². The molecular formula is C28H38N4O3. The molecule has 0 unspecified atom stereocenters. The van der Waals surface area contributed by atoms with Crippen molar-refractivity contribution in [2.24, 2.45) is 15.9 Å². The van der Waals surface area contributed by atoms with Crippen LogP contribution >= 0.6 is 0 Å². The molecule has 0 aliphatic heterocycles. The summed E-state index contributed by atoms with van der Waals surface area (Å²) in [5.41, 5.74) is 6.24. The van der Waals surface area contributed by atoms with E-state index < -0.39 is 6.10 Å². The van der Waals surface area contributed by atoms with Crippen molar-refractivity contribution < 1.29 is 14.6 Å². The number of nitrogens with zero attached hydrogens (tertiary/aromatic N) is 2. The summed E-state index contributed by atoms with van der Waals surface area (Å²) >= 11 is 0. The third kappa shape index (κ3) is 6.48. The quantitative estimate of drug-likeness (QED) is 0.302. The van der Waals surface area contributed by atoms with E-state index in [2.05, 4.69) is 22.3 Å². The van der Waals surface area contributed by atoms with Crippen molar-refractivity contribution in [3.8, 4) is 5.75 Å². The number of hydrazone groups is 1. The summed E-state index contributed by atoms with van der Waals surface area (Å²) in [6.45, 7) is 7.98. The molecule has 0 aromatic heterocycles. The molecular weight excluding hydrogens is 440 g/mol. The van der Waals surface area contributed by atoms with Gasteiger partial charge >= 0.3 is 0 Å². The molecule has 2 atom stereocenters. The number of aliphatic hydroxyl groups is 1. The molecule has 0 heterocycles. The summed E-state index contributed by atoms with van der Waals surface area (Å²) in [5.74, 6) is 5.90. The van der Waals surface area contributed by atoms with Crippen LogP contribution in [0.25, 0.3) is 0 Å². The second-order valence-corrected chi connectivity index (χ2v) is 9.54. The van der Waals surface area contributed by atoms with Crippen molar-refractivity contribution >= 4 is 17.8 Å². The molecule has 7 nitrogen and oxygen atoms in total. The fraction of sp³-hybridized carbons (Fsp3) is 0.464. The summed E-state index contributed by atoms with van der Waals surface area (Å²) in [4.78, 5) is 17.4. The van der Waals surface area contributed by atoms with E-state index in [4.69, 9.17) is 10.6 Å². The van der Waals surface area contributed by atoms with Crippen LogP contribution in [0.5, 0.6) is 5.75 Å². The highest BCUT2D eigenvalue weighted by molar-refractivity contribution is 6.38. The zero-order valence-corrected chi connectivity index (χ0v) is 21.5. The van der Waals surface area contributed by atoms with E-state index in [0.717, 1.165) is 53.5 Å². The van der Waals surface area contributed by atoms with Gasteiger partial charge in [-0.2, -0.15) is 5.10 Å². The van der Waals surface area contributed by atoms with Crippen molar-refractivity contribution in [2.45, 2.75) is 78.0 Å². The van der Waals surface area contributed by atoms with Crippen molar-refractivity contribution in [2.75, 3.05) is 7.05 Å². The molecule has 2 aromatic rings. The first-order valence-electron chi connectivity index (χ1n) is 12.3. The van der Waals surface area contributed by atoms with Gasteiger partial charge in [0, 0.05) is 18.8 Å². The minimum atomic E-state index is -0.508. The van der Waals surface area contributed by atoms with E-state index >= 15 is 0 Å². The minimum Gasteiger partial charge on any atom is -0.490 e. The zero-order valence-electron chi connectivity index (χ0n) is 21.5. The number of hydrogen-bond acceptors (Lipinski definition) is 6. The van der Waals surface area contributed by atoms with Crippen LogP contribution in [-0.2, 0) is 6.42 Å². The molecule has 4 N–H and O–H groups in total. The molecule has 0 bridgehead atoms. The maximum absolute atomic E-state index is 13.4. The molecule has 2 aromatic carbocycles. The first kappa shape index (κ1) is 26.4. The van der Waals surface area contributed by atoms with Crippen molar-refractivity contribution in [1.82, 2.24) is 5.32 Å². The second-order valence-electron chi connectivity index (χ2n) is 9.54. The average molecular weight is 479 g/mol. The lowest BCUT2D eigenvalue weighted by Crippen LogP contribution is -2.45. The van der Waals surface area contributed by atoms with E-state index in [9.17, 15) is 9.90 Å². The van der Waals surface area contributed by atoms with E-state index in [1.807, 2.05) is 51.1 Å². The van der Waals surface area contributed by atoms with Gasteiger partial charge in [-0.15, -0.1) is 0 Å². The highest BCUT2D eigenvalue weighted by atomic mass is 16.5.